The molecule has 4 atom stereocenters. The predicted octanol–water partition coefficient (Wildman–Crippen LogP) is 7.59. The first-order valence-electron chi connectivity index (χ1n) is 14.3. The molecule has 1 aliphatic heterocycles. The molecule has 1 fully saturated rings. The summed E-state index contributed by atoms with van der Waals surface area (Å²) in [7, 11) is 1.00. The van der Waals surface area contributed by atoms with Gasteiger partial charge >= 0.3 is 0 Å². The molecule has 0 unspecified atom stereocenters. The average Bonchev–Trinajstić information content (AvgIpc) is 3.71. The van der Waals surface area contributed by atoms with Crippen LogP contribution in [0.3, 0.4) is 0 Å². The maximum Gasteiger partial charge on any atom is 0.230 e. The van der Waals surface area contributed by atoms with E-state index in [9.17, 15) is 14.7 Å². The van der Waals surface area contributed by atoms with Crippen LogP contribution in [0.15, 0.2) is 86.6 Å². The number of aliphatic hydroxyl groups is 2. The van der Waals surface area contributed by atoms with E-state index in [1.165, 1.54) is 13.8 Å². The summed E-state index contributed by atoms with van der Waals surface area (Å²) < 4.78 is 2.93. The zero-order valence-corrected chi connectivity index (χ0v) is 29.5. The van der Waals surface area contributed by atoms with Crippen LogP contribution in [0, 0.1) is 0 Å². The molecule has 234 valence electrons. The van der Waals surface area contributed by atoms with Gasteiger partial charge in [0.2, 0.25) is 5.91 Å². The molecule has 0 aliphatic carbocycles. The van der Waals surface area contributed by atoms with Crippen molar-refractivity contribution in [3.05, 3.63) is 103 Å². The van der Waals surface area contributed by atoms with Gasteiger partial charge in [-0.2, -0.15) is 0 Å². The van der Waals surface area contributed by atoms with Crippen molar-refractivity contribution in [2.75, 3.05) is 7.11 Å². The van der Waals surface area contributed by atoms with Gasteiger partial charge in [0.05, 0.1) is 12.0 Å². The highest BCUT2D eigenvalue weighted by Crippen LogP contribution is 2.43. The van der Waals surface area contributed by atoms with Crippen molar-refractivity contribution in [1.29, 1.82) is 0 Å². The quantitative estimate of drug-likeness (QED) is 0.110. The number of hydrogen-bond acceptors (Lipinski definition) is 4. The van der Waals surface area contributed by atoms with Crippen molar-refractivity contribution in [3.8, 4) is 0 Å². The first-order chi connectivity index (χ1) is 21.6. The van der Waals surface area contributed by atoms with Gasteiger partial charge in [-0.05, 0) is 73.4 Å². The van der Waals surface area contributed by atoms with Gasteiger partial charge in [-0.1, -0.05) is 66.0 Å². The molecule has 3 aromatic heterocycles. The largest absolute Gasteiger partial charge is 0.400 e. The number of aromatic nitrogens is 3. The van der Waals surface area contributed by atoms with E-state index in [0.717, 1.165) is 69.9 Å². The van der Waals surface area contributed by atoms with Gasteiger partial charge in [0.1, 0.15) is 5.78 Å². The van der Waals surface area contributed by atoms with Gasteiger partial charge in [0, 0.05) is 83.8 Å². The number of carbonyl (C=O) groups excluding carboxylic acids is 2. The third kappa shape index (κ3) is 6.83. The van der Waals surface area contributed by atoms with Crippen molar-refractivity contribution in [2.45, 2.75) is 44.2 Å². The van der Waals surface area contributed by atoms with Crippen LogP contribution in [-0.4, -0.2) is 56.1 Å². The lowest BCUT2D eigenvalue weighted by Crippen LogP contribution is -2.55. The molecule has 3 aromatic carbocycles. The number of benzene rings is 3. The third-order valence-corrected chi connectivity index (χ3v) is 9.45. The van der Waals surface area contributed by atoms with E-state index in [-0.39, 0.29) is 23.7 Å². The third-order valence-electron chi connectivity index (χ3n) is 7.97. The van der Waals surface area contributed by atoms with Crippen molar-refractivity contribution < 1.29 is 19.8 Å². The van der Waals surface area contributed by atoms with Gasteiger partial charge in [-0.3, -0.25) is 4.79 Å². The highest BCUT2D eigenvalue weighted by molar-refractivity contribution is 9.11. The highest BCUT2D eigenvalue weighted by Gasteiger charge is 2.46. The number of aliphatic hydroxyl groups excluding tert-OH is 2. The molecule has 7 rings (SSSR count). The summed E-state index contributed by atoms with van der Waals surface area (Å²) >= 11 is 10.6. The maximum atomic E-state index is 13.8. The first kappa shape index (κ1) is 33.2. The fraction of sp³-hybridized carbons (Fsp3) is 0.235. The number of rotatable bonds is 4. The molecule has 6 N–H and O–H groups in total. The second-order valence-electron chi connectivity index (χ2n) is 11.1. The van der Waals surface area contributed by atoms with Crippen molar-refractivity contribution >= 4 is 92.2 Å². The summed E-state index contributed by atoms with van der Waals surface area (Å²) in [5.41, 5.74) is 5.81. The summed E-state index contributed by atoms with van der Waals surface area (Å²) in [6.45, 7) is 3.06. The Morgan fingerprint density at radius 1 is 0.733 bits per heavy atom. The van der Waals surface area contributed by atoms with Crippen molar-refractivity contribution in [3.63, 3.8) is 0 Å². The summed E-state index contributed by atoms with van der Waals surface area (Å²) in [4.78, 5) is 33.2. The number of piperidine rings is 1. The van der Waals surface area contributed by atoms with Gasteiger partial charge in [0.25, 0.3) is 0 Å². The normalized spacial score (nSPS) is 19.5. The Hall–Kier alpha value is -3.22. The molecule has 11 heteroatoms. The summed E-state index contributed by atoms with van der Waals surface area (Å²) in [6, 6.07) is 17.9. The van der Waals surface area contributed by atoms with Crippen LogP contribution in [0.4, 0.5) is 0 Å². The number of Topliss-reactive ketones (excluding diaryl/α,β-unsaturated/α-hetero) is 1. The van der Waals surface area contributed by atoms with Crippen LogP contribution in [-0.2, 0) is 16.0 Å². The van der Waals surface area contributed by atoms with Gasteiger partial charge in [0.15, 0.2) is 0 Å². The summed E-state index contributed by atoms with van der Waals surface area (Å²) in [5, 5.41) is 25.5. The van der Waals surface area contributed by atoms with E-state index in [0.29, 0.717) is 6.42 Å². The minimum Gasteiger partial charge on any atom is -0.400 e. The number of amides is 1. The molecular weight excluding hydrogens is 768 g/mol. The lowest BCUT2D eigenvalue weighted by molar-refractivity contribution is -0.130. The van der Waals surface area contributed by atoms with Crippen molar-refractivity contribution in [1.82, 2.24) is 20.3 Å². The number of nitrogens with one attached hydrogen (secondary N) is 4. The minimum absolute atomic E-state index is 0.167. The van der Waals surface area contributed by atoms with Crippen LogP contribution >= 0.6 is 47.8 Å². The zero-order valence-electron chi connectivity index (χ0n) is 24.8. The predicted molar refractivity (Wildman–Crippen MR) is 190 cm³/mol. The Balaban J connectivity index is 0.000000620. The van der Waals surface area contributed by atoms with E-state index >= 15 is 0 Å². The number of ketones is 1. The van der Waals surface area contributed by atoms with E-state index in [1.807, 2.05) is 61.1 Å². The van der Waals surface area contributed by atoms with E-state index in [1.54, 1.807) is 0 Å². The van der Waals surface area contributed by atoms with Crippen LogP contribution in [0.5, 0.6) is 0 Å². The first-order valence-corrected chi connectivity index (χ1v) is 16.7. The Labute approximate surface area is 285 Å². The molecule has 0 saturated carbocycles. The zero-order chi connectivity index (χ0) is 32.4. The molecule has 6 aromatic rings. The molecule has 45 heavy (non-hydrogen) atoms. The molecule has 4 heterocycles. The lowest BCUT2D eigenvalue weighted by atomic mass is 9.73. The number of aromatic amines is 3. The van der Waals surface area contributed by atoms with Gasteiger partial charge < -0.3 is 35.3 Å². The molecule has 0 spiro atoms. The molecule has 0 radical (unpaired) electrons. The summed E-state index contributed by atoms with van der Waals surface area (Å²) in [5.74, 6) is -1.07. The fourth-order valence-corrected chi connectivity index (χ4v) is 7.29. The Morgan fingerprint density at radius 3 is 1.73 bits per heavy atom. The van der Waals surface area contributed by atoms with E-state index in [2.05, 4.69) is 80.2 Å². The van der Waals surface area contributed by atoms with Crippen LogP contribution < -0.4 is 5.32 Å². The number of hydrogen-bond donors (Lipinski definition) is 6. The smallest absolute Gasteiger partial charge is 0.230 e. The van der Waals surface area contributed by atoms with E-state index in [4.69, 9.17) is 5.11 Å². The molecule has 8 nitrogen and oxygen atoms in total. The van der Waals surface area contributed by atoms with Gasteiger partial charge in [-0.15, -0.1) is 0 Å². The Kier molecular flexibility index (Phi) is 10.3. The number of carbonyl (C=O) groups is 2. The topological polar surface area (TPSA) is 134 Å². The van der Waals surface area contributed by atoms with Crippen LogP contribution in [0.25, 0.3) is 32.7 Å². The number of halogens is 3. The molecular formula is C34H33Br3N4O4. The van der Waals surface area contributed by atoms with Gasteiger partial charge in [-0.25, -0.2) is 0 Å². The number of H-pyrrole nitrogens is 3. The van der Waals surface area contributed by atoms with Crippen LogP contribution in [0.1, 0.15) is 42.4 Å². The van der Waals surface area contributed by atoms with Crippen molar-refractivity contribution in [2.24, 2.45) is 0 Å². The SMILES string of the molecule is CC(C)=O.CO.O=C1N[C@H](Cc2c[nH]c3cc(Br)ccc23)[C@@H](c2c[nH]c3cc(Br)ccc23)[C@@H](O)[C@H]1c1c[nH]c2cc(Br)ccc12. The van der Waals surface area contributed by atoms with Crippen LogP contribution in [0.2, 0.25) is 0 Å². The minimum atomic E-state index is -0.937. The number of fused-ring (bicyclic) bond motifs is 3. The molecule has 0 bridgehead atoms. The molecule has 1 amide bonds. The lowest BCUT2D eigenvalue weighted by Gasteiger charge is -2.40. The fourth-order valence-electron chi connectivity index (χ4n) is 6.21. The second kappa shape index (κ2) is 14.0. The Bertz CT molecular complexity index is 1990. The average molecular weight is 801 g/mol. The monoisotopic (exact) mass is 798 g/mol. The van der Waals surface area contributed by atoms with E-state index < -0.39 is 12.0 Å². The Morgan fingerprint density at radius 2 is 1.18 bits per heavy atom. The second-order valence-corrected chi connectivity index (χ2v) is 13.8. The molecule has 1 aliphatic rings. The maximum absolute atomic E-state index is 13.8. The summed E-state index contributed by atoms with van der Waals surface area (Å²) in [6.07, 6.45) is 5.47. The standard InChI is InChI=1S/C30H23Br3N4O2.C3H6O.CH4O/c31-15-1-4-18-14(11-34-23(18)8-15)7-26-27(21-12-35-24-9-16(32)2-5-19(21)24)29(38)28(30(39)37-26)22-13-36-25-10-17(33)3-6-20(22)25;1-3(2)4;1-2/h1-6,8-13,26-29,34-36,38H,7H2,(H,37,39);1-2H3;2H,1H3/t26-,27-,28-,29-;;/m1../s1. The molecule has 1 saturated heterocycles. The highest BCUT2D eigenvalue weighted by atomic mass is 79.9.